The number of nitrogens with one attached hydrogen (secondary N) is 1. The Labute approximate surface area is 204 Å². The number of carbonyl (C=O) groups excluding carboxylic acids is 1. The van der Waals surface area contributed by atoms with Gasteiger partial charge in [0.1, 0.15) is 11.6 Å². The average Bonchev–Trinajstić information content (AvgIpc) is 3.30. The van der Waals surface area contributed by atoms with Crippen LogP contribution in [0.1, 0.15) is 16.2 Å². The Hall–Kier alpha value is -2.99. The number of amides is 1. The van der Waals surface area contributed by atoms with Crippen molar-refractivity contribution >= 4 is 27.0 Å². The average molecular weight is 500 g/mol. The summed E-state index contributed by atoms with van der Waals surface area (Å²) in [6, 6.07) is 12.0. The van der Waals surface area contributed by atoms with E-state index in [1.165, 1.54) is 16.4 Å². The fraction of sp³-hybridized carbons (Fsp3) is 0.417. The van der Waals surface area contributed by atoms with Gasteiger partial charge < -0.3 is 19.4 Å². The Morgan fingerprint density at radius 2 is 1.74 bits per heavy atom. The minimum absolute atomic E-state index is 0.0872. The number of morpholine rings is 1. The van der Waals surface area contributed by atoms with E-state index < -0.39 is 10.0 Å². The molecular weight excluding hydrogens is 470 g/mol. The molecule has 0 unspecified atom stereocenters. The zero-order valence-electron chi connectivity index (χ0n) is 19.6. The maximum atomic E-state index is 13.0. The van der Waals surface area contributed by atoms with Crippen molar-refractivity contribution in [3.05, 3.63) is 53.9 Å². The highest BCUT2D eigenvalue weighted by Crippen LogP contribution is 2.21. The fourth-order valence-corrected chi connectivity index (χ4v) is 5.86. The van der Waals surface area contributed by atoms with Gasteiger partial charge in [-0.1, -0.05) is 0 Å². The Balaban J connectivity index is 1.17. The molecule has 3 aromatic rings. The first kappa shape index (κ1) is 23.7. The number of aromatic amines is 1. The van der Waals surface area contributed by atoms with Crippen molar-refractivity contribution in [3.8, 4) is 5.75 Å². The molecule has 2 aliphatic heterocycles. The number of benzene rings is 2. The minimum atomic E-state index is -3.57. The first-order chi connectivity index (χ1) is 16.9. The van der Waals surface area contributed by atoms with Crippen LogP contribution in [-0.2, 0) is 21.3 Å². The van der Waals surface area contributed by atoms with Crippen molar-refractivity contribution in [1.29, 1.82) is 0 Å². The maximum absolute atomic E-state index is 13.0. The first-order valence-corrected chi connectivity index (χ1v) is 13.1. The van der Waals surface area contributed by atoms with Gasteiger partial charge in [-0.05, 0) is 36.4 Å². The van der Waals surface area contributed by atoms with E-state index in [9.17, 15) is 13.2 Å². The van der Waals surface area contributed by atoms with Crippen LogP contribution in [0.25, 0.3) is 11.0 Å². The van der Waals surface area contributed by atoms with Crippen molar-refractivity contribution < 1.29 is 22.7 Å². The Morgan fingerprint density at radius 1 is 1.03 bits per heavy atom. The second-order valence-electron chi connectivity index (χ2n) is 8.68. The maximum Gasteiger partial charge on any atom is 0.253 e. The second kappa shape index (κ2) is 9.94. The van der Waals surface area contributed by atoms with Crippen LogP contribution in [0.4, 0.5) is 0 Å². The third-order valence-corrected chi connectivity index (χ3v) is 8.39. The molecule has 0 aliphatic carbocycles. The summed E-state index contributed by atoms with van der Waals surface area (Å²) >= 11 is 0. The van der Waals surface area contributed by atoms with Crippen molar-refractivity contribution in [2.24, 2.45) is 0 Å². The Morgan fingerprint density at radius 3 is 2.43 bits per heavy atom. The molecule has 0 saturated carbocycles. The second-order valence-corrected chi connectivity index (χ2v) is 10.6. The zero-order valence-corrected chi connectivity index (χ0v) is 20.5. The van der Waals surface area contributed by atoms with Crippen molar-refractivity contribution in [2.45, 2.75) is 11.4 Å². The molecule has 0 spiro atoms. The Kier molecular flexibility index (Phi) is 6.74. The van der Waals surface area contributed by atoms with Crippen LogP contribution in [-0.4, -0.2) is 98.0 Å². The highest BCUT2D eigenvalue weighted by atomic mass is 32.2. The van der Waals surface area contributed by atoms with Crippen molar-refractivity contribution in [1.82, 2.24) is 24.1 Å². The number of carbonyl (C=O) groups is 1. The van der Waals surface area contributed by atoms with E-state index >= 15 is 0 Å². The van der Waals surface area contributed by atoms with Gasteiger partial charge in [0.15, 0.2) is 0 Å². The molecule has 0 radical (unpaired) electrons. The van der Waals surface area contributed by atoms with E-state index in [0.717, 1.165) is 35.7 Å². The molecule has 5 rings (SSSR count). The van der Waals surface area contributed by atoms with Gasteiger partial charge in [-0.15, -0.1) is 0 Å². The lowest BCUT2D eigenvalue weighted by atomic mass is 10.2. The monoisotopic (exact) mass is 499 g/mol. The molecule has 186 valence electrons. The molecule has 2 aliphatic rings. The van der Waals surface area contributed by atoms with Crippen LogP contribution in [0.15, 0.2) is 47.4 Å². The lowest BCUT2D eigenvalue weighted by molar-refractivity contribution is 0.0625. The van der Waals surface area contributed by atoms with Gasteiger partial charge >= 0.3 is 0 Å². The van der Waals surface area contributed by atoms with Crippen LogP contribution < -0.4 is 4.74 Å². The van der Waals surface area contributed by atoms with Crippen LogP contribution in [0.3, 0.4) is 0 Å². The molecule has 1 aromatic heterocycles. The number of aromatic nitrogens is 2. The number of methoxy groups -OCH3 is 1. The molecule has 10 nitrogen and oxygen atoms in total. The highest BCUT2D eigenvalue weighted by Gasteiger charge is 2.27. The number of piperazine rings is 1. The summed E-state index contributed by atoms with van der Waals surface area (Å²) in [5.74, 6) is 1.58. The number of hydrogen-bond acceptors (Lipinski definition) is 7. The number of rotatable bonds is 6. The van der Waals surface area contributed by atoms with Crippen LogP contribution in [0.5, 0.6) is 5.75 Å². The van der Waals surface area contributed by atoms with Gasteiger partial charge in [-0.3, -0.25) is 9.69 Å². The summed E-state index contributed by atoms with van der Waals surface area (Å²) in [4.78, 5) is 25.3. The molecule has 0 atom stereocenters. The molecule has 0 bridgehead atoms. The van der Waals surface area contributed by atoms with Gasteiger partial charge in [0.2, 0.25) is 10.0 Å². The summed E-state index contributed by atoms with van der Waals surface area (Å²) in [5, 5.41) is 0. The number of ether oxygens (including phenoxy) is 2. The van der Waals surface area contributed by atoms with E-state index in [1.807, 2.05) is 23.1 Å². The number of hydrogen-bond donors (Lipinski definition) is 1. The number of nitrogens with zero attached hydrogens (tertiary/aromatic N) is 4. The van der Waals surface area contributed by atoms with Gasteiger partial charge in [0.05, 0.1) is 42.8 Å². The van der Waals surface area contributed by atoms with E-state index in [1.54, 1.807) is 19.2 Å². The quantitative estimate of drug-likeness (QED) is 0.548. The standard InChI is InChI=1S/C24H29N5O5S/c1-33-19-4-7-21-22(16-19)26-23(25-21)17-27-8-10-28(11-9-27)24(30)18-2-5-20(6-3-18)35(31,32)29-12-14-34-15-13-29/h2-7,16H,8-15,17H2,1H3,(H,25,26). The zero-order chi connectivity index (χ0) is 24.4. The molecule has 1 amide bonds. The topological polar surface area (TPSA) is 108 Å². The highest BCUT2D eigenvalue weighted by molar-refractivity contribution is 7.89. The molecule has 11 heteroatoms. The van der Waals surface area contributed by atoms with E-state index in [-0.39, 0.29) is 10.8 Å². The lowest BCUT2D eigenvalue weighted by Crippen LogP contribution is -2.48. The van der Waals surface area contributed by atoms with Gasteiger partial charge in [0, 0.05) is 50.9 Å². The molecule has 1 N–H and O–H groups in total. The summed E-state index contributed by atoms with van der Waals surface area (Å²) in [6.45, 7) is 4.81. The molecule has 2 saturated heterocycles. The number of sulfonamides is 1. The predicted molar refractivity (Wildman–Crippen MR) is 130 cm³/mol. The minimum Gasteiger partial charge on any atom is -0.497 e. The molecule has 3 heterocycles. The third kappa shape index (κ3) is 5.03. The normalized spacial score (nSPS) is 18.1. The van der Waals surface area contributed by atoms with Crippen molar-refractivity contribution in [2.75, 3.05) is 59.6 Å². The van der Waals surface area contributed by atoms with Crippen LogP contribution in [0, 0.1) is 0 Å². The SMILES string of the molecule is COc1ccc2nc(CN3CCN(C(=O)c4ccc(S(=O)(=O)N5CCOCC5)cc4)CC3)[nH]c2c1. The largest absolute Gasteiger partial charge is 0.497 e. The Bertz CT molecular complexity index is 1290. The first-order valence-electron chi connectivity index (χ1n) is 11.7. The summed E-state index contributed by atoms with van der Waals surface area (Å²) in [7, 11) is -1.93. The predicted octanol–water partition coefficient (Wildman–Crippen LogP) is 1.55. The number of H-pyrrole nitrogens is 1. The summed E-state index contributed by atoms with van der Waals surface area (Å²) in [5.41, 5.74) is 2.33. The van der Waals surface area contributed by atoms with Crippen molar-refractivity contribution in [3.63, 3.8) is 0 Å². The van der Waals surface area contributed by atoms with Gasteiger partial charge in [-0.25, -0.2) is 13.4 Å². The van der Waals surface area contributed by atoms with Crippen LogP contribution in [0.2, 0.25) is 0 Å². The van der Waals surface area contributed by atoms with E-state index in [0.29, 0.717) is 51.5 Å². The van der Waals surface area contributed by atoms with Gasteiger partial charge in [0.25, 0.3) is 5.91 Å². The molecular formula is C24H29N5O5S. The van der Waals surface area contributed by atoms with E-state index in [4.69, 9.17) is 9.47 Å². The number of imidazole rings is 1. The third-order valence-electron chi connectivity index (χ3n) is 6.48. The van der Waals surface area contributed by atoms with Gasteiger partial charge in [-0.2, -0.15) is 4.31 Å². The fourth-order valence-electron chi connectivity index (χ4n) is 4.45. The summed E-state index contributed by atoms with van der Waals surface area (Å²) < 4.78 is 37.5. The van der Waals surface area contributed by atoms with E-state index in [2.05, 4.69) is 14.9 Å². The van der Waals surface area contributed by atoms with Crippen LogP contribution >= 0.6 is 0 Å². The number of fused-ring (bicyclic) bond motifs is 1. The molecule has 2 aromatic carbocycles. The smallest absolute Gasteiger partial charge is 0.253 e. The molecule has 35 heavy (non-hydrogen) atoms. The summed E-state index contributed by atoms with van der Waals surface area (Å²) in [6.07, 6.45) is 0. The molecule has 2 fully saturated rings. The lowest BCUT2D eigenvalue weighted by Gasteiger charge is -2.34.